The highest BCUT2D eigenvalue weighted by Crippen LogP contribution is 2.30. The van der Waals surface area contributed by atoms with E-state index in [1.54, 1.807) is 24.3 Å². The van der Waals surface area contributed by atoms with E-state index < -0.39 is 5.82 Å². The highest BCUT2D eigenvalue weighted by atomic mass is 35.5. The number of hydrogen-bond donors (Lipinski definition) is 0. The van der Waals surface area contributed by atoms with E-state index in [1.807, 2.05) is 18.2 Å². The minimum atomic E-state index is -0.481. The van der Waals surface area contributed by atoms with Crippen LogP contribution in [0.4, 0.5) is 4.39 Å². The minimum absolute atomic E-state index is 0.00125. The lowest BCUT2D eigenvalue weighted by Gasteiger charge is -2.07. The minimum Gasteiger partial charge on any atom is -0.456 e. The molecule has 0 aromatic heterocycles. The number of para-hydroxylation sites is 1. The first-order chi connectivity index (χ1) is 7.27. The molecule has 15 heavy (non-hydrogen) atoms. The molecule has 0 saturated carbocycles. The number of hydrogen-bond acceptors (Lipinski definition) is 1. The maximum Gasteiger partial charge on any atom is 0.149 e. The van der Waals surface area contributed by atoms with Crippen LogP contribution >= 0.6 is 11.6 Å². The van der Waals surface area contributed by atoms with Gasteiger partial charge in [-0.3, -0.25) is 0 Å². The van der Waals surface area contributed by atoms with Crippen LogP contribution in [0.5, 0.6) is 11.5 Å². The Morgan fingerprint density at radius 3 is 2.40 bits per heavy atom. The van der Waals surface area contributed by atoms with E-state index in [-0.39, 0.29) is 5.02 Å². The number of rotatable bonds is 2. The molecule has 0 amide bonds. The molecule has 0 heterocycles. The van der Waals surface area contributed by atoms with E-state index in [1.165, 1.54) is 6.07 Å². The van der Waals surface area contributed by atoms with Crippen molar-refractivity contribution in [3.63, 3.8) is 0 Å². The number of ether oxygens (including phenoxy) is 1. The summed E-state index contributed by atoms with van der Waals surface area (Å²) in [6, 6.07) is 13.6. The Hall–Kier alpha value is -1.54. The average molecular weight is 223 g/mol. The largest absolute Gasteiger partial charge is 0.456 e. The Labute approximate surface area is 92.1 Å². The smallest absolute Gasteiger partial charge is 0.149 e. The quantitative estimate of drug-likeness (QED) is 0.737. The second kappa shape index (κ2) is 4.32. The fourth-order valence-corrected chi connectivity index (χ4v) is 1.34. The summed E-state index contributed by atoms with van der Waals surface area (Å²) in [5.74, 6) is 0.470. The van der Waals surface area contributed by atoms with Crippen molar-refractivity contribution in [1.82, 2.24) is 0 Å². The van der Waals surface area contributed by atoms with Crippen molar-refractivity contribution >= 4 is 11.6 Å². The van der Waals surface area contributed by atoms with Gasteiger partial charge in [0.05, 0.1) is 0 Å². The summed E-state index contributed by atoms with van der Waals surface area (Å²) in [6.45, 7) is 0. The summed E-state index contributed by atoms with van der Waals surface area (Å²) < 4.78 is 18.5. The molecule has 0 fully saturated rings. The van der Waals surface area contributed by atoms with Crippen LogP contribution in [0.3, 0.4) is 0 Å². The molecule has 2 aromatic rings. The fraction of sp³-hybridized carbons (Fsp3) is 0. The summed E-state index contributed by atoms with van der Waals surface area (Å²) in [5, 5.41) is 0.00125. The topological polar surface area (TPSA) is 9.23 Å². The zero-order valence-electron chi connectivity index (χ0n) is 7.78. The van der Waals surface area contributed by atoms with Gasteiger partial charge in [-0.2, -0.15) is 0 Å². The van der Waals surface area contributed by atoms with E-state index in [9.17, 15) is 4.39 Å². The Kier molecular flexibility index (Phi) is 2.88. The van der Waals surface area contributed by atoms with Gasteiger partial charge in [0, 0.05) is 0 Å². The molecule has 0 atom stereocenters. The Morgan fingerprint density at radius 1 is 0.933 bits per heavy atom. The number of benzene rings is 2. The van der Waals surface area contributed by atoms with Gasteiger partial charge in [0.25, 0.3) is 0 Å². The van der Waals surface area contributed by atoms with Crippen molar-refractivity contribution in [2.24, 2.45) is 0 Å². The first-order valence-corrected chi connectivity index (χ1v) is 4.82. The standard InChI is InChI=1S/C12H8ClFO/c13-12-10(14)7-4-8-11(12)15-9-5-2-1-3-6-9/h1-8H. The molecule has 0 saturated heterocycles. The summed E-state index contributed by atoms with van der Waals surface area (Å²) in [6.07, 6.45) is 0. The van der Waals surface area contributed by atoms with Gasteiger partial charge in [-0.1, -0.05) is 35.9 Å². The summed E-state index contributed by atoms with van der Waals surface area (Å²) in [4.78, 5) is 0. The van der Waals surface area contributed by atoms with E-state index >= 15 is 0 Å². The van der Waals surface area contributed by atoms with Gasteiger partial charge < -0.3 is 4.74 Å². The fourth-order valence-electron chi connectivity index (χ4n) is 1.18. The van der Waals surface area contributed by atoms with Crippen LogP contribution in [0.2, 0.25) is 5.02 Å². The summed E-state index contributed by atoms with van der Waals surface area (Å²) in [5.41, 5.74) is 0. The van der Waals surface area contributed by atoms with Crippen molar-refractivity contribution in [1.29, 1.82) is 0 Å². The van der Waals surface area contributed by atoms with Gasteiger partial charge >= 0.3 is 0 Å². The highest BCUT2D eigenvalue weighted by Gasteiger charge is 2.06. The molecule has 1 nitrogen and oxygen atoms in total. The van der Waals surface area contributed by atoms with E-state index in [0.717, 1.165) is 0 Å². The SMILES string of the molecule is Fc1cccc(Oc2ccccc2)c1Cl. The Morgan fingerprint density at radius 2 is 1.67 bits per heavy atom. The maximum atomic E-state index is 13.1. The number of halogens is 2. The lowest BCUT2D eigenvalue weighted by molar-refractivity contribution is 0.477. The van der Waals surface area contributed by atoms with Gasteiger partial charge in [-0.05, 0) is 24.3 Å². The molecule has 0 aliphatic carbocycles. The van der Waals surface area contributed by atoms with Crippen LogP contribution in [-0.4, -0.2) is 0 Å². The zero-order chi connectivity index (χ0) is 10.7. The summed E-state index contributed by atoms with van der Waals surface area (Å²) >= 11 is 5.74. The van der Waals surface area contributed by atoms with Crippen molar-refractivity contribution in [3.8, 4) is 11.5 Å². The molecule has 0 N–H and O–H groups in total. The molecule has 0 bridgehead atoms. The molecule has 2 aromatic carbocycles. The molecule has 2 rings (SSSR count). The second-order valence-corrected chi connectivity index (χ2v) is 3.35. The molecule has 3 heteroatoms. The molecule has 0 spiro atoms. The van der Waals surface area contributed by atoms with Gasteiger partial charge in [-0.15, -0.1) is 0 Å². The lowest BCUT2D eigenvalue weighted by Crippen LogP contribution is -1.86. The van der Waals surface area contributed by atoms with Crippen molar-refractivity contribution in [3.05, 3.63) is 59.4 Å². The molecular formula is C12H8ClFO. The van der Waals surface area contributed by atoms with E-state index in [0.29, 0.717) is 11.5 Å². The van der Waals surface area contributed by atoms with Gasteiger partial charge in [0.1, 0.15) is 22.3 Å². The molecule has 0 unspecified atom stereocenters. The van der Waals surface area contributed by atoms with Crippen molar-refractivity contribution in [2.45, 2.75) is 0 Å². The molecule has 0 aliphatic rings. The van der Waals surface area contributed by atoms with Crippen LogP contribution in [0.25, 0.3) is 0 Å². The van der Waals surface area contributed by atoms with Crippen LogP contribution < -0.4 is 4.74 Å². The first kappa shape index (κ1) is 9.99. The second-order valence-electron chi connectivity index (χ2n) is 2.97. The van der Waals surface area contributed by atoms with Gasteiger partial charge in [-0.25, -0.2) is 4.39 Å². The third-order valence-electron chi connectivity index (χ3n) is 1.89. The average Bonchev–Trinajstić information content (AvgIpc) is 2.26. The first-order valence-electron chi connectivity index (χ1n) is 4.44. The van der Waals surface area contributed by atoms with Crippen LogP contribution in [0.1, 0.15) is 0 Å². The molecule has 0 aliphatic heterocycles. The van der Waals surface area contributed by atoms with Crippen LogP contribution in [0.15, 0.2) is 48.5 Å². The van der Waals surface area contributed by atoms with Crippen LogP contribution in [-0.2, 0) is 0 Å². The van der Waals surface area contributed by atoms with Gasteiger partial charge in [0.2, 0.25) is 0 Å². The normalized spacial score (nSPS) is 10.0. The maximum absolute atomic E-state index is 13.1. The highest BCUT2D eigenvalue weighted by molar-refractivity contribution is 6.32. The third-order valence-corrected chi connectivity index (χ3v) is 2.25. The molecule has 76 valence electrons. The van der Waals surface area contributed by atoms with Crippen molar-refractivity contribution < 1.29 is 9.13 Å². The predicted molar refractivity (Wildman–Crippen MR) is 57.9 cm³/mol. The van der Waals surface area contributed by atoms with Crippen LogP contribution in [0, 0.1) is 5.82 Å². The van der Waals surface area contributed by atoms with Crippen molar-refractivity contribution in [2.75, 3.05) is 0 Å². The van der Waals surface area contributed by atoms with E-state index in [4.69, 9.17) is 16.3 Å². The molecule has 0 radical (unpaired) electrons. The third kappa shape index (κ3) is 2.28. The monoisotopic (exact) mass is 222 g/mol. The van der Waals surface area contributed by atoms with Gasteiger partial charge in [0.15, 0.2) is 0 Å². The van der Waals surface area contributed by atoms with E-state index in [2.05, 4.69) is 0 Å². The predicted octanol–water partition coefficient (Wildman–Crippen LogP) is 4.27. The Bertz CT molecular complexity index is 456. The molecular weight excluding hydrogens is 215 g/mol. The Balaban J connectivity index is 2.29. The summed E-state index contributed by atoms with van der Waals surface area (Å²) in [7, 11) is 0. The lowest BCUT2D eigenvalue weighted by atomic mass is 10.3. The zero-order valence-corrected chi connectivity index (χ0v) is 8.54.